The van der Waals surface area contributed by atoms with E-state index < -0.39 is 0 Å². The molecule has 0 N–H and O–H groups in total. The summed E-state index contributed by atoms with van der Waals surface area (Å²) in [5.41, 5.74) is 2.44. The molecule has 18 heavy (non-hydrogen) atoms. The van der Waals surface area contributed by atoms with Gasteiger partial charge in [0.05, 0.1) is 15.7 Å². The lowest BCUT2D eigenvalue weighted by Crippen LogP contribution is -1.82. The molecule has 0 atom stereocenters. The Labute approximate surface area is 128 Å². The Morgan fingerprint density at radius 3 is 2.44 bits per heavy atom. The van der Waals surface area contributed by atoms with Crippen molar-refractivity contribution in [3.8, 4) is 11.3 Å². The summed E-state index contributed by atoms with van der Waals surface area (Å²) in [5.74, 6) is 0. The molecule has 5 heteroatoms. The zero-order valence-electron chi connectivity index (χ0n) is 9.07. The number of rotatable bonds is 1. The van der Waals surface area contributed by atoms with E-state index in [2.05, 4.69) is 27.6 Å². The number of aromatic nitrogens is 2. The number of benzene rings is 1. The van der Waals surface area contributed by atoms with Crippen LogP contribution in [0.1, 0.15) is 0 Å². The average molecular weight is 389 g/mol. The van der Waals surface area contributed by atoms with Gasteiger partial charge in [-0.25, -0.2) is 4.98 Å². The lowest BCUT2D eigenvalue weighted by atomic mass is 10.2. The largest absolute Gasteiger partial charge is 0.305 e. The molecule has 0 aliphatic heterocycles. The third kappa shape index (κ3) is 2.11. The maximum Gasteiger partial charge on any atom is 0.137 e. The highest BCUT2D eigenvalue weighted by atomic mass is 127. The first-order chi connectivity index (χ1) is 8.65. The summed E-state index contributed by atoms with van der Waals surface area (Å²) in [6.45, 7) is 0. The molecule has 0 bridgehead atoms. The predicted octanol–water partition coefficient (Wildman–Crippen LogP) is 4.91. The fourth-order valence-electron chi connectivity index (χ4n) is 1.83. The number of nitrogens with zero attached hydrogens (tertiary/aromatic N) is 2. The molecule has 0 saturated carbocycles. The second kappa shape index (κ2) is 4.72. The van der Waals surface area contributed by atoms with Crippen molar-refractivity contribution in [3.05, 3.63) is 56.3 Å². The quantitative estimate of drug-likeness (QED) is 0.541. The van der Waals surface area contributed by atoms with Crippen molar-refractivity contribution < 1.29 is 0 Å². The van der Waals surface area contributed by atoms with Crippen LogP contribution < -0.4 is 0 Å². The van der Waals surface area contributed by atoms with E-state index in [1.54, 1.807) is 0 Å². The summed E-state index contributed by atoms with van der Waals surface area (Å²) < 4.78 is 3.12. The second-order valence-corrected chi connectivity index (χ2v) is 5.90. The van der Waals surface area contributed by atoms with Crippen LogP contribution in [0.5, 0.6) is 0 Å². The minimum Gasteiger partial charge on any atom is -0.305 e. The van der Waals surface area contributed by atoms with E-state index in [0.29, 0.717) is 10.0 Å². The van der Waals surface area contributed by atoms with Crippen molar-refractivity contribution in [3.63, 3.8) is 0 Å². The molecule has 0 amide bonds. The number of halogens is 3. The molecule has 90 valence electrons. The van der Waals surface area contributed by atoms with Gasteiger partial charge in [0, 0.05) is 21.5 Å². The van der Waals surface area contributed by atoms with Gasteiger partial charge in [-0.1, -0.05) is 29.3 Å². The Hall–Kier alpha value is -0.780. The molecular formula is C13H7Cl2IN2. The fraction of sp³-hybridized carbons (Fsp3) is 0. The molecule has 0 unspecified atom stereocenters. The van der Waals surface area contributed by atoms with Crippen LogP contribution in [0.25, 0.3) is 16.9 Å². The summed E-state index contributed by atoms with van der Waals surface area (Å²) in [5, 5.41) is 1.22. The number of hydrogen-bond acceptors (Lipinski definition) is 1. The Balaban J connectivity index is 2.26. The Kier molecular flexibility index (Phi) is 3.21. The molecule has 0 saturated heterocycles. The first-order valence-electron chi connectivity index (χ1n) is 5.24. The van der Waals surface area contributed by atoms with E-state index in [-0.39, 0.29) is 0 Å². The summed E-state index contributed by atoms with van der Waals surface area (Å²) in [6.07, 6.45) is 3.95. The van der Waals surface area contributed by atoms with Crippen LogP contribution >= 0.6 is 45.8 Å². The summed E-state index contributed by atoms with van der Waals surface area (Å²) in [7, 11) is 0. The van der Waals surface area contributed by atoms with Crippen LogP contribution in [0.4, 0.5) is 0 Å². The third-order valence-electron chi connectivity index (χ3n) is 2.63. The van der Waals surface area contributed by atoms with E-state index in [4.69, 9.17) is 23.2 Å². The zero-order chi connectivity index (χ0) is 12.7. The van der Waals surface area contributed by atoms with Crippen molar-refractivity contribution >= 4 is 51.4 Å². The van der Waals surface area contributed by atoms with Crippen molar-refractivity contribution in [1.29, 1.82) is 0 Å². The number of pyridine rings is 1. The molecule has 2 heterocycles. The van der Waals surface area contributed by atoms with Gasteiger partial charge in [-0.15, -0.1) is 0 Å². The highest BCUT2D eigenvalue weighted by Crippen LogP contribution is 2.33. The van der Waals surface area contributed by atoms with Gasteiger partial charge in [-0.3, -0.25) is 0 Å². The van der Waals surface area contributed by atoms with Crippen molar-refractivity contribution in [2.45, 2.75) is 0 Å². The van der Waals surface area contributed by atoms with Crippen LogP contribution in [-0.4, -0.2) is 9.38 Å². The van der Waals surface area contributed by atoms with E-state index in [1.165, 1.54) is 0 Å². The lowest BCUT2D eigenvalue weighted by Gasteiger charge is -2.02. The lowest BCUT2D eigenvalue weighted by molar-refractivity contribution is 1.17. The van der Waals surface area contributed by atoms with Gasteiger partial charge in [0.25, 0.3) is 0 Å². The molecule has 1 aromatic carbocycles. The average Bonchev–Trinajstić information content (AvgIpc) is 2.71. The molecule has 2 nitrogen and oxygen atoms in total. The van der Waals surface area contributed by atoms with Crippen LogP contribution in [0.2, 0.25) is 10.0 Å². The highest BCUT2D eigenvalue weighted by Gasteiger charge is 2.11. The topological polar surface area (TPSA) is 17.3 Å². The van der Waals surface area contributed by atoms with Gasteiger partial charge in [0.2, 0.25) is 0 Å². The Morgan fingerprint density at radius 1 is 1.00 bits per heavy atom. The van der Waals surface area contributed by atoms with Gasteiger partial charge in [-0.2, -0.15) is 0 Å². The summed E-state index contributed by atoms with van der Waals surface area (Å²) in [4.78, 5) is 4.54. The molecular weight excluding hydrogens is 382 g/mol. The molecule has 0 radical (unpaired) electrons. The maximum absolute atomic E-state index is 6.19. The van der Waals surface area contributed by atoms with Gasteiger partial charge in [0.1, 0.15) is 5.65 Å². The van der Waals surface area contributed by atoms with Gasteiger partial charge in [0.15, 0.2) is 0 Å². The monoisotopic (exact) mass is 388 g/mol. The van der Waals surface area contributed by atoms with E-state index in [9.17, 15) is 0 Å². The molecule has 0 aliphatic rings. The molecule has 3 rings (SSSR count). The van der Waals surface area contributed by atoms with E-state index >= 15 is 0 Å². The van der Waals surface area contributed by atoms with E-state index in [1.807, 2.05) is 47.1 Å². The smallest absolute Gasteiger partial charge is 0.137 e. The van der Waals surface area contributed by atoms with Crippen molar-refractivity contribution in [2.75, 3.05) is 0 Å². The first kappa shape index (κ1) is 12.3. The van der Waals surface area contributed by atoms with Crippen LogP contribution in [0.3, 0.4) is 0 Å². The number of fused-ring (bicyclic) bond motifs is 1. The molecule has 0 spiro atoms. The normalized spacial score (nSPS) is 11.1. The van der Waals surface area contributed by atoms with E-state index in [0.717, 1.165) is 20.5 Å². The molecule has 2 aromatic heterocycles. The first-order valence-corrected chi connectivity index (χ1v) is 7.07. The van der Waals surface area contributed by atoms with Crippen LogP contribution in [-0.2, 0) is 0 Å². The molecule has 3 aromatic rings. The fourth-order valence-corrected chi connectivity index (χ4v) is 2.90. The Bertz CT molecular complexity index is 717. The van der Waals surface area contributed by atoms with Crippen molar-refractivity contribution in [2.24, 2.45) is 0 Å². The summed E-state index contributed by atoms with van der Waals surface area (Å²) in [6, 6.07) is 9.44. The maximum atomic E-state index is 6.19. The SMILES string of the molecule is Clc1cccc(Cl)c1-c1cn2cc(I)ccc2n1. The zero-order valence-corrected chi connectivity index (χ0v) is 12.7. The van der Waals surface area contributed by atoms with Gasteiger partial charge >= 0.3 is 0 Å². The highest BCUT2D eigenvalue weighted by molar-refractivity contribution is 14.1. The van der Waals surface area contributed by atoms with Gasteiger partial charge in [-0.05, 0) is 46.9 Å². The van der Waals surface area contributed by atoms with Crippen LogP contribution in [0, 0.1) is 3.57 Å². The Morgan fingerprint density at radius 2 is 1.72 bits per heavy atom. The minimum atomic E-state index is 0.612. The molecule has 0 aliphatic carbocycles. The third-order valence-corrected chi connectivity index (χ3v) is 3.90. The standard InChI is InChI=1S/C13H7Cl2IN2/c14-9-2-1-3-10(15)13(9)11-7-18-6-8(16)4-5-12(18)17-11/h1-7H. The minimum absolute atomic E-state index is 0.612. The predicted molar refractivity (Wildman–Crippen MR) is 83.4 cm³/mol. The molecule has 0 fully saturated rings. The van der Waals surface area contributed by atoms with Crippen LogP contribution in [0.15, 0.2) is 42.7 Å². The van der Waals surface area contributed by atoms with Crippen molar-refractivity contribution in [1.82, 2.24) is 9.38 Å². The number of imidazole rings is 1. The summed E-state index contributed by atoms with van der Waals surface area (Å²) >= 11 is 14.6. The van der Waals surface area contributed by atoms with Gasteiger partial charge < -0.3 is 4.40 Å². The second-order valence-electron chi connectivity index (χ2n) is 3.84. The number of hydrogen-bond donors (Lipinski definition) is 0.